The highest BCUT2D eigenvalue weighted by Gasteiger charge is 2.23. The zero-order chi connectivity index (χ0) is 26.6. The second kappa shape index (κ2) is 11.2. The van der Waals surface area contributed by atoms with Crippen molar-refractivity contribution in [3.8, 4) is 34.3 Å². The van der Waals surface area contributed by atoms with Crippen molar-refractivity contribution in [3.63, 3.8) is 0 Å². The highest BCUT2D eigenvalue weighted by atomic mass is 16.3. The van der Waals surface area contributed by atoms with Crippen LogP contribution in [-0.2, 0) is 12.8 Å². The van der Waals surface area contributed by atoms with E-state index in [2.05, 4.69) is 26.5 Å². The Morgan fingerprint density at radius 3 is 2.33 bits per heavy atom. The van der Waals surface area contributed by atoms with Gasteiger partial charge >= 0.3 is 0 Å². The monoisotopic (exact) mass is 490 g/mol. The summed E-state index contributed by atoms with van der Waals surface area (Å²) >= 11 is 0. The first-order valence-corrected chi connectivity index (χ1v) is 12.0. The molecule has 6 heteroatoms. The minimum Gasteiger partial charge on any atom is -0.508 e. The van der Waals surface area contributed by atoms with E-state index in [4.69, 9.17) is 4.42 Å². The van der Waals surface area contributed by atoms with E-state index in [9.17, 15) is 25.2 Å². The Bertz CT molecular complexity index is 1420. The first-order valence-electron chi connectivity index (χ1n) is 12.0. The average molecular weight is 491 g/mol. The van der Waals surface area contributed by atoms with Gasteiger partial charge in [0.05, 0.1) is 5.56 Å². The number of benzene rings is 2. The topological polar surface area (TPSA) is 111 Å². The summed E-state index contributed by atoms with van der Waals surface area (Å²) in [6.45, 7) is 11.9. The summed E-state index contributed by atoms with van der Waals surface area (Å²) in [5.74, 6) is -0.764. The Labute approximate surface area is 211 Å². The van der Waals surface area contributed by atoms with E-state index >= 15 is 0 Å². The molecule has 0 spiro atoms. The molecule has 190 valence electrons. The molecular weight excluding hydrogens is 456 g/mol. The maximum absolute atomic E-state index is 13.4. The minimum atomic E-state index is -0.450. The lowest BCUT2D eigenvalue weighted by Gasteiger charge is -2.15. The van der Waals surface area contributed by atoms with E-state index < -0.39 is 5.43 Å². The zero-order valence-electron chi connectivity index (χ0n) is 21.3. The zero-order valence-corrected chi connectivity index (χ0v) is 21.3. The molecule has 4 N–H and O–H groups in total. The molecule has 0 aliphatic heterocycles. The van der Waals surface area contributed by atoms with E-state index in [0.29, 0.717) is 18.4 Å². The summed E-state index contributed by atoms with van der Waals surface area (Å²) < 4.78 is 6.02. The third-order valence-electron chi connectivity index (χ3n) is 6.10. The summed E-state index contributed by atoms with van der Waals surface area (Å²) in [4.78, 5) is 13.4. The van der Waals surface area contributed by atoms with E-state index in [1.54, 1.807) is 0 Å². The van der Waals surface area contributed by atoms with Gasteiger partial charge in [0.2, 0.25) is 0 Å². The number of aromatic hydroxyl groups is 4. The van der Waals surface area contributed by atoms with E-state index in [1.165, 1.54) is 23.8 Å². The molecule has 0 aliphatic rings. The number of phenols is 4. The Morgan fingerprint density at radius 1 is 0.944 bits per heavy atom. The van der Waals surface area contributed by atoms with Crippen LogP contribution in [0.4, 0.5) is 0 Å². The number of fused-ring (bicyclic) bond motifs is 1. The van der Waals surface area contributed by atoms with Crippen LogP contribution in [0.1, 0.15) is 58.1 Å². The smallest absolute Gasteiger partial charge is 0.200 e. The number of hydrogen-bond acceptors (Lipinski definition) is 6. The first-order chi connectivity index (χ1) is 17.0. The second-order valence-corrected chi connectivity index (χ2v) is 9.57. The van der Waals surface area contributed by atoms with Crippen LogP contribution in [0.2, 0.25) is 0 Å². The summed E-state index contributed by atoms with van der Waals surface area (Å²) in [6, 6.07) is 5.29. The molecular formula is C30H34O6. The van der Waals surface area contributed by atoms with Crippen LogP contribution in [0.3, 0.4) is 0 Å². The van der Waals surface area contributed by atoms with Crippen LogP contribution >= 0.6 is 0 Å². The molecule has 3 aromatic rings. The predicted molar refractivity (Wildman–Crippen MR) is 144 cm³/mol. The van der Waals surface area contributed by atoms with E-state index in [0.717, 1.165) is 30.1 Å². The molecule has 36 heavy (non-hydrogen) atoms. The molecule has 0 amide bonds. The number of rotatable bonds is 9. The standard InChI is InChI=1S/C30H34O6/c1-17(2)7-6-8-19(5)10-12-21-24(32)14-13-22(28(21)34)30-23(11-9-18(3)4)29(35)27-25(33)15-20(31)16-26(27)36-30/h7,10,13-16,31-34H,3,6,8-9,11-12H2,1-2,4-5H3/b19-10+. The summed E-state index contributed by atoms with van der Waals surface area (Å²) in [6.07, 6.45) is 6.99. The third-order valence-corrected chi connectivity index (χ3v) is 6.10. The molecule has 0 bridgehead atoms. The van der Waals surface area contributed by atoms with Crippen LogP contribution in [0.5, 0.6) is 23.0 Å². The molecule has 0 fully saturated rings. The van der Waals surface area contributed by atoms with Gasteiger partial charge in [-0.3, -0.25) is 4.79 Å². The lowest BCUT2D eigenvalue weighted by atomic mass is 9.95. The van der Waals surface area contributed by atoms with Crippen molar-refractivity contribution in [1.82, 2.24) is 0 Å². The molecule has 0 unspecified atom stereocenters. The largest absolute Gasteiger partial charge is 0.508 e. The first kappa shape index (κ1) is 26.7. The fraction of sp³-hybridized carbons (Fsp3) is 0.300. The lowest BCUT2D eigenvalue weighted by molar-refractivity contribution is 0.440. The van der Waals surface area contributed by atoms with Gasteiger partial charge in [-0.15, -0.1) is 6.58 Å². The van der Waals surface area contributed by atoms with Crippen molar-refractivity contribution in [3.05, 3.63) is 81.1 Å². The molecule has 0 saturated carbocycles. The molecule has 1 aromatic heterocycles. The van der Waals surface area contributed by atoms with E-state index in [1.807, 2.05) is 19.9 Å². The molecule has 0 atom stereocenters. The quantitative estimate of drug-likeness (QED) is 0.240. The normalized spacial score (nSPS) is 11.6. The maximum Gasteiger partial charge on any atom is 0.200 e. The predicted octanol–water partition coefficient (Wildman–Crippen LogP) is 7.03. The highest BCUT2D eigenvalue weighted by Crippen LogP contribution is 2.41. The van der Waals surface area contributed by atoms with Gasteiger partial charge in [0, 0.05) is 23.3 Å². The van der Waals surface area contributed by atoms with Gasteiger partial charge < -0.3 is 24.8 Å². The minimum absolute atomic E-state index is 0.00406. The molecule has 3 rings (SSSR count). The Hall–Kier alpha value is -3.93. The fourth-order valence-electron chi connectivity index (χ4n) is 4.08. The number of hydrogen-bond donors (Lipinski definition) is 4. The number of phenolic OH excluding ortho intramolecular Hbond substituents is 4. The summed E-state index contributed by atoms with van der Waals surface area (Å²) in [7, 11) is 0. The number of allylic oxidation sites excluding steroid dienone is 5. The average Bonchev–Trinajstić information content (AvgIpc) is 2.77. The van der Waals surface area contributed by atoms with Crippen LogP contribution in [0.25, 0.3) is 22.3 Å². The van der Waals surface area contributed by atoms with Gasteiger partial charge in [0.15, 0.2) is 5.43 Å². The van der Waals surface area contributed by atoms with Crippen molar-refractivity contribution in [2.24, 2.45) is 0 Å². The maximum atomic E-state index is 13.4. The highest BCUT2D eigenvalue weighted by molar-refractivity contribution is 5.88. The Morgan fingerprint density at radius 2 is 1.67 bits per heavy atom. The van der Waals surface area contributed by atoms with Gasteiger partial charge in [0.25, 0.3) is 0 Å². The third kappa shape index (κ3) is 6.00. The summed E-state index contributed by atoms with van der Waals surface area (Å²) in [5.41, 5.74) is 3.63. The van der Waals surface area contributed by atoms with Gasteiger partial charge in [0.1, 0.15) is 39.7 Å². The molecule has 0 saturated heterocycles. The van der Waals surface area contributed by atoms with Crippen LogP contribution in [-0.4, -0.2) is 20.4 Å². The Balaban J connectivity index is 2.14. The SMILES string of the molecule is C=C(C)CCc1c(-c2ccc(O)c(C/C=C(\C)CCC=C(C)C)c2O)oc2cc(O)cc(O)c2c1=O. The van der Waals surface area contributed by atoms with E-state index in [-0.39, 0.29) is 57.3 Å². The second-order valence-electron chi connectivity index (χ2n) is 9.57. The van der Waals surface area contributed by atoms with Gasteiger partial charge in [-0.25, -0.2) is 0 Å². The fourth-order valence-corrected chi connectivity index (χ4v) is 4.08. The summed E-state index contributed by atoms with van der Waals surface area (Å²) in [5, 5.41) is 41.9. The van der Waals surface area contributed by atoms with Crippen molar-refractivity contribution in [2.45, 2.75) is 59.8 Å². The Kier molecular flexibility index (Phi) is 8.30. The van der Waals surface area contributed by atoms with Crippen molar-refractivity contribution in [1.29, 1.82) is 0 Å². The van der Waals surface area contributed by atoms with Crippen LogP contribution in [0.15, 0.2) is 68.9 Å². The van der Waals surface area contributed by atoms with Gasteiger partial charge in [-0.2, -0.15) is 0 Å². The van der Waals surface area contributed by atoms with Crippen molar-refractivity contribution >= 4 is 11.0 Å². The molecule has 0 aliphatic carbocycles. The van der Waals surface area contributed by atoms with Gasteiger partial charge in [-0.1, -0.05) is 28.9 Å². The van der Waals surface area contributed by atoms with Crippen molar-refractivity contribution < 1.29 is 24.8 Å². The lowest BCUT2D eigenvalue weighted by Crippen LogP contribution is -2.12. The molecule has 2 aromatic carbocycles. The molecule has 1 heterocycles. The van der Waals surface area contributed by atoms with Crippen LogP contribution in [0, 0.1) is 0 Å². The van der Waals surface area contributed by atoms with Crippen LogP contribution < -0.4 is 5.43 Å². The van der Waals surface area contributed by atoms with Gasteiger partial charge in [-0.05, 0) is 71.9 Å². The molecule has 0 radical (unpaired) electrons. The molecule has 6 nitrogen and oxygen atoms in total. The van der Waals surface area contributed by atoms with Crippen molar-refractivity contribution in [2.75, 3.05) is 0 Å².